The first-order valence-electron chi connectivity index (χ1n) is 6.25. The van der Waals surface area contributed by atoms with Crippen LogP contribution in [0.25, 0.3) is 6.08 Å². The van der Waals surface area contributed by atoms with E-state index in [1.165, 1.54) is 6.08 Å². The number of amides is 1. The number of rotatable bonds is 3. The van der Waals surface area contributed by atoms with E-state index in [1.807, 2.05) is 30.3 Å². The van der Waals surface area contributed by atoms with E-state index in [0.29, 0.717) is 17.2 Å². The fraction of sp³-hybridized carbons (Fsp3) is 0.0625. The van der Waals surface area contributed by atoms with Gasteiger partial charge in [0.2, 0.25) is 12.7 Å². The Morgan fingerprint density at radius 2 is 1.85 bits per heavy atom. The van der Waals surface area contributed by atoms with Crippen LogP contribution in [0.15, 0.2) is 54.6 Å². The fourth-order valence-electron chi connectivity index (χ4n) is 1.89. The average molecular weight is 267 g/mol. The normalized spacial score (nSPS) is 12.6. The molecule has 2 aromatic rings. The van der Waals surface area contributed by atoms with Crippen molar-refractivity contribution < 1.29 is 14.3 Å². The van der Waals surface area contributed by atoms with Gasteiger partial charge < -0.3 is 14.8 Å². The summed E-state index contributed by atoms with van der Waals surface area (Å²) in [5, 5.41) is 2.78. The maximum atomic E-state index is 11.8. The standard InChI is InChI=1S/C16H13NO3/c18-16(9-6-12-4-2-1-3-5-12)17-13-7-8-14-15(10-13)20-11-19-14/h1-10H,11H2,(H,17,18). The first kappa shape index (κ1) is 12.3. The Hall–Kier alpha value is -2.75. The van der Waals surface area contributed by atoms with E-state index < -0.39 is 0 Å². The Kier molecular flexibility index (Phi) is 3.37. The molecule has 0 fully saturated rings. The lowest BCUT2D eigenvalue weighted by molar-refractivity contribution is -0.111. The third-order valence-electron chi connectivity index (χ3n) is 2.87. The number of benzene rings is 2. The molecule has 0 unspecified atom stereocenters. The Morgan fingerprint density at radius 3 is 2.70 bits per heavy atom. The number of hydrogen-bond acceptors (Lipinski definition) is 3. The lowest BCUT2D eigenvalue weighted by Crippen LogP contribution is -2.07. The van der Waals surface area contributed by atoms with E-state index in [2.05, 4.69) is 5.32 Å². The maximum absolute atomic E-state index is 11.8. The van der Waals surface area contributed by atoms with E-state index in [9.17, 15) is 4.79 Å². The Morgan fingerprint density at radius 1 is 1.05 bits per heavy atom. The van der Waals surface area contributed by atoms with Gasteiger partial charge in [0.25, 0.3) is 0 Å². The Balaban J connectivity index is 1.66. The van der Waals surface area contributed by atoms with E-state index in [4.69, 9.17) is 9.47 Å². The van der Waals surface area contributed by atoms with Gasteiger partial charge in [-0.1, -0.05) is 30.3 Å². The maximum Gasteiger partial charge on any atom is 0.248 e. The zero-order valence-corrected chi connectivity index (χ0v) is 10.7. The lowest BCUT2D eigenvalue weighted by atomic mass is 10.2. The zero-order chi connectivity index (χ0) is 13.8. The second-order valence-electron chi connectivity index (χ2n) is 4.30. The molecule has 0 atom stereocenters. The molecule has 0 spiro atoms. The van der Waals surface area contributed by atoms with Gasteiger partial charge >= 0.3 is 0 Å². The number of anilines is 1. The Bertz CT molecular complexity index is 650. The highest BCUT2D eigenvalue weighted by atomic mass is 16.7. The molecule has 1 aliphatic heterocycles. The minimum atomic E-state index is -0.187. The van der Waals surface area contributed by atoms with Gasteiger partial charge in [-0.15, -0.1) is 0 Å². The van der Waals surface area contributed by atoms with Crippen LogP contribution in [-0.4, -0.2) is 12.7 Å². The molecule has 20 heavy (non-hydrogen) atoms. The highest BCUT2D eigenvalue weighted by Crippen LogP contribution is 2.34. The van der Waals surface area contributed by atoms with Crippen LogP contribution in [0.5, 0.6) is 11.5 Å². The summed E-state index contributed by atoms with van der Waals surface area (Å²) in [5.41, 5.74) is 1.66. The van der Waals surface area contributed by atoms with Crippen LogP contribution in [0, 0.1) is 0 Å². The predicted molar refractivity (Wildman–Crippen MR) is 76.7 cm³/mol. The molecule has 3 rings (SSSR count). The predicted octanol–water partition coefficient (Wildman–Crippen LogP) is 3.07. The summed E-state index contributed by atoms with van der Waals surface area (Å²) in [6, 6.07) is 15.0. The van der Waals surface area contributed by atoms with Gasteiger partial charge in [0.15, 0.2) is 11.5 Å². The summed E-state index contributed by atoms with van der Waals surface area (Å²) >= 11 is 0. The van der Waals surface area contributed by atoms with Crippen molar-refractivity contribution in [1.82, 2.24) is 0 Å². The van der Waals surface area contributed by atoms with Crippen LogP contribution < -0.4 is 14.8 Å². The molecule has 1 heterocycles. The topological polar surface area (TPSA) is 47.6 Å². The van der Waals surface area contributed by atoms with Crippen molar-refractivity contribution >= 4 is 17.7 Å². The largest absolute Gasteiger partial charge is 0.454 e. The third-order valence-corrected chi connectivity index (χ3v) is 2.87. The van der Waals surface area contributed by atoms with Crippen LogP contribution in [0.1, 0.15) is 5.56 Å². The number of hydrogen-bond donors (Lipinski definition) is 1. The van der Waals surface area contributed by atoms with Crippen LogP contribution in [-0.2, 0) is 4.79 Å². The molecule has 0 saturated heterocycles. The number of carbonyl (C=O) groups is 1. The number of fused-ring (bicyclic) bond motifs is 1. The molecule has 4 nitrogen and oxygen atoms in total. The van der Waals surface area contributed by atoms with E-state index >= 15 is 0 Å². The summed E-state index contributed by atoms with van der Waals surface area (Å²) in [5.74, 6) is 1.16. The minimum Gasteiger partial charge on any atom is -0.454 e. The quantitative estimate of drug-likeness (QED) is 0.869. The van der Waals surface area contributed by atoms with Crippen molar-refractivity contribution in [2.45, 2.75) is 0 Å². The summed E-state index contributed by atoms with van der Waals surface area (Å²) in [6.45, 7) is 0.223. The van der Waals surface area contributed by atoms with Gasteiger partial charge in [0.1, 0.15) is 0 Å². The number of nitrogens with one attached hydrogen (secondary N) is 1. The molecule has 0 aliphatic carbocycles. The van der Waals surface area contributed by atoms with Gasteiger partial charge in [-0.3, -0.25) is 4.79 Å². The highest BCUT2D eigenvalue weighted by Gasteiger charge is 2.13. The van der Waals surface area contributed by atoms with Crippen molar-refractivity contribution in [2.75, 3.05) is 12.1 Å². The first-order chi connectivity index (χ1) is 9.81. The second kappa shape index (κ2) is 5.48. The van der Waals surface area contributed by atoms with Crippen LogP contribution in [0.3, 0.4) is 0 Å². The Labute approximate surface area is 116 Å². The molecule has 4 heteroatoms. The van der Waals surface area contributed by atoms with E-state index in [0.717, 1.165) is 5.56 Å². The average Bonchev–Trinajstić information content (AvgIpc) is 2.94. The molecule has 1 N–H and O–H groups in total. The van der Waals surface area contributed by atoms with E-state index in [-0.39, 0.29) is 12.7 Å². The van der Waals surface area contributed by atoms with E-state index in [1.54, 1.807) is 24.3 Å². The third kappa shape index (κ3) is 2.80. The van der Waals surface area contributed by atoms with Crippen LogP contribution >= 0.6 is 0 Å². The molecule has 100 valence electrons. The van der Waals surface area contributed by atoms with Gasteiger partial charge in [-0.05, 0) is 23.8 Å². The molecular formula is C16H13NO3. The smallest absolute Gasteiger partial charge is 0.248 e. The molecule has 0 bridgehead atoms. The molecule has 0 radical (unpaired) electrons. The molecule has 1 amide bonds. The summed E-state index contributed by atoms with van der Waals surface area (Å²) in [7, 11) is 0. The van der Waals surface area contributed by atoms with Gasteiger partial charge in [-0.25, -0.2) is 0 Å². The van der Waals surface area contributed by atoms with Crippen molar-refractivity contribution in [3.63, 3.8) is 0 Å². The first-order valence-corrected chi connectivity index (χ1v) is 6.25. The molecular weight excluding hydrogens is 254 g/mol. The van der Waals surface area contributed by atoms with Crippen LogP contribution in [0.2, 0.25) is 0 Å². The highest BCUT2D eigenvalue weighted by molar-refractivity contribution is 6.02. The van der Waals surface area contributed by atoms with Gasteiger partial charge in [0, 0.05) is 17.8 Å². The molecule has 1 aliphatic rings. The van der Waals surface area contributed by atoms with Gasteiger partial charge in [-0.2, -0.15) is 0 Å². The second-order valence-corrected chi connectivity index (χ2v) is 4.30. The van der Waals surface area contributed by atoms with Crippen molar-refractivity contribution in [2.24, 2.45) is 0 Å². The molecule has 2 aromatic carbocycles. The molecule has 0 aromatic heterocycles. The summed E-state index contributed by atoms with van der Waals surface area (Å²) in [4.78, 5) is 11.8. The SMILES string of the molecule is O=C(C=Cc1ccccc1)Nc1ccc2c(c1)OCO2. The number of ether oxygens (including phenoxy) is 2. The van der Waals surface area contributed by atoms with Crippen molar-refractivity contribution in [1.29, 1.82) is 0 Å². The fourth-order valence-corrected chi connectivity index (χ4v) is 1.89. The van der Waals surface area contributed by atoms with Crippen molar-refractivity contribution in [3.8, 4) is 11.5 Å². The monoisotopic (exact) mass is 267 g/mol. The number of carbonyl (C=O) groups excluding carboxylic acids is 1. The van der Waals surface area contributed by atoms with Crippen LogP contribution in [0.4, 0.5) is 5.69 Å². The minimum absolute atomic E-state index is 0.187. The summed E-state index contributed by atoms with van der Waals surface area (Å²) < 4.78 is 10.5. The molecule has 0 saturated carbocycles. The van der Waals surface area contributed by atoms with Gasteiger partial charge in [0.05, 0.1) is 0 Å². The zero-order valence-electron chi connectivity index (χ0n) is 10.7. The van der Waals surface area contributed by atoms with Crippen molar-refractivity contribution in [3.05, 3.63) is 60.2 Å². The summed E-state index contributed by atoms with van der Waals surface area (Å²) in [6.07, 6.45) is 3.27. The lowest BCUT2D eigenvalue weighted by Gasteiger charge is -2.03.